The lowest BCUT2D eigenvalue weighted by Crippen LogP contribution is -2.09. The highest BCUT2D eigenvalue weighted by Crippen LogP contribution is 2.53. The van der Waals surface area contributed by atoms with Gasteiger partial charge in [0.25, 0.3) is 0 Å². The van der Waals surface area contributed by atoms with Gasteiger partial charge in [0.2, 0.25) is 0 Å². The smallest absolute Gasteiger partial charge is 0.00923 e. The standard InChI is InChI=1S/C96H108/c1-8-31-67(32-9-1)74-45-30-46-75(55-74)85-47-22-26-51-89(85)93-65-95(91-53-28-24-49-87(91)83-61-78(70-37-14-4-15-38-70)57-79(62-83)71-39-16-5-17-40-71)96(92-54-29-25-50-88(92)84-63-80(72-41-18-6-19-42-72)58-81(64-84)73-43-20-7-21-44-73)66-94(93)90-52-27-23-48-86(90)82-59-76(68-33-10-2-11-34-68)56-77(60-82)69-35-12-3-13-36-69/h22-30,45-73H,1-21,31-44H2. The molecule has 0 aliphatic heterocycles. The first-order valence-corrected chi connectivity index (χ1v) is 39.7. The van der Waals surface area contributed by atoms with Gasteiger partial charge in [0.1, 0.15) is 0 Å². The molecule has 7 fully saturated rings. The van der Waals surface area contributed by atoms with Gasteiger partial charge in [0, 0.05) is 0 Å². The van der Waals surface area contributed by atoms with Gasteiger partial charge >= 0.3 is 0 Å². The quantitative estimate of drug-likeness (QED) is 0.0960. The minimum absolute atomic E-state index is 0.621. The molecule has 0 N–H and O–H groups in total. The van der Waals surface area contributed by atoms with Crippen LogP contribution in [-0.4, -0.2) is 0 Å². The van der Waals surface area contributed by atoms with Crippen molar-refractivity contribution in [3.8, 4) is 89.0 Å². The molecule has 9 aromatic carbocycles. The maximum absolute atomic E-state index is 2.75. The monoisotopic (exact) mass is 1260 g/mol. The maximum Gasteiger partial charge on any atom is -0.00923 e. The molecule has 0 heteroatoms. The maximum atomic E-state index is 2.75. The average molecular weight is 1260 g/mol. The summed E-state index contributed by atoms with van der Waals surface area (Å²) in [4.78, 5) is 0. The molecule has 0 atom stereocenters. The van der Waals surface area contributed by atoms with Crippen LogP contribution in [0.25, 0.3) is 89.0 Å². The highest BCUT2D eigenvalue weighted by molar-refractivity contribution is 6.04. The predicted molar refractivity (Wildman–Crippen MR) is 411 cm³/mol. The minimum Gasteiger partial charge on any atom is -0.0616 e. The Morgan fingerprint density at radius 2 is 0.333 bits per heavy atom. The van der Waals surface area contributed by atoms with Crippen LogP contribution in [0.15, 0.2) is 188 Å². The molecule has 16 rings (SSSR count). The van der Waals surface area contributed by atoms with Crippen molar-refractivity contribution in [3.63, 3.8) is 0 Å². The summed E-state index contributed by atoms with van der Waals surface area (Å²) in [7, 11) is 0. The molecule has 0 saturated heterocycles. The summed E-state index contributed by atoms with van der Waals surface area (Å²) < 4.78 is 0. The number of benzene rings is 9. The molecule has 0 spiro atoms. The number of hydrogen-bond acceptors (Lipinski definition) is 0. The lowest BCUT2D eigenvalue weighted by Gasteiger charge is -2.28. The van der Waals surface area contributed by atoms with Crippen LogP contribution in [0.3, 0.4) is 0 Å². The van der Waals surface area contributed by atoms with E-state index in [1.807, 2.05) is 0 Å². The predicted octanol–water partition coefficient (Wildman–Crippen LogP) is 29.4. The molecule has 96 heavy (non-hydrogen) atoms. The Bertz CT molecular complexity index is 4000. The molecule has 7 saturated carbocycles. The van der Waals surface area contributed by atoms with Gasteiger partial charge in [-0.25, -0.2) is 0 Å². The molecule has 0 radical (unpaired) electrons. The van der Waals surface area contributed by atoms with E-state index < -0.39 is 0 Å². The van der Waals surface area contributed by atoms with E-state index in [1.54, 1.807) is 33.4 Å². The molecule has 492 valence electrons. The van der Waals surface area contributed by atoms with Gasteiger partial charge in [-0.05, 0) is 271 Å². The fourth-order valence-electron chi connectivity index (χ4n) is 20.3. The highest BCUT2D eigenvalue weighted by Gasteiger charge is 2.30. The summed E-state index contributed by atoms with van der Waals surface area (Å²) in [5.74, 6) is 4.37. The third-order valence-electron chi connectivity index (χ3n) is 25.6. The summed E-state index contributed by atoms with van der Waals surface area (Å²) in [6, 6.07) is 78.4. The van der Waals surface area contributed by atoms with Crippen LogP contribution in [0.4, 0.5) is 0 Å². The van der Waals surface area contributed by atoms with Gasteiger partial charge in [-0.3, -0.25) is 0 Å². The first kappa shape index (κ1) is 63.7. The Labute approximate surface area is 578 Å². The van der Waals surface area contributed by atoms with Crippen molar-refractivity contribution in [1.29, 1.82) is 0 Å². The molecule has 0 bridgehead atoms. The lowest BCUT2D eigenvalue weighted by molar-refractivity contribution is 0.435. The molecule has 0 amide bonds. The normalized spacial score (nSPS) is 19.6. The average Bonchev–Trinajstić information content (AvgIpc) is 0.745. The van der Waals surface area contributed by atoms with Crippen molar-refractivity contribution in [2.75, 3.05) is 0 Å². The molecule has 7 aliphatic carbocycles. The largest absolute Gasteiger partial charge is 0.0616 e. The summed E-state index contributed by atoms with van der Waals surface area (Å²) in [6.07, 6.45) is 46.7. The van der Waals surface area contributed by atoms with Crippen molar-refractivity contribution < 1.29 is 0 Å². The third kappa shape index (κ3) is 13.9. The first-order chi connectivity index (χ1) is 47.6. The topological polar surface area (TPSA) is 0 Å². The van der Waals surface area contributed by atoms with Crippen LogP contribution in [-0.2, 0) is 0 Å². The Balaban J connectivity index is 0.975. The summed E-state index contributed by atoms with van der Waals surface area (Å²) >= 11 is 0. The van der Waals surface area contributed by atoms with E-state index in [1.165, 1.54) is 319 Å². The van der Waals surface area contributed by atoms with E-state index in [4.69, 9.17) is 0 Å². The fourth-order valence-corrected chi connectivity index (χ4v) is 20.3. The molecule has 9 aromatic rings. The van der Waals surface area contributed by atoms with Crippen molar-refractivity contribution in [2.45, 2.75) is 266 Å². The van der Waals surface area contributed by atoms with E-state index in [9.17, 15) is 0 Å². The van der Waals surface area contributed by atoms with Gasteiger partial charge in [-0.15, -0.1) is 0 Å². The van der Waals surface area contributed by atoms with E-state index in [0.29, 0.717) is 41.4 Å². The zero-order valence-corrected chi connectivity index (χ0v) is 58.2. The Morgan fingerprint density at radius 3 is 0.573 bits per heavy atom. The first-order valence-electron chi connectivity index (χ1n) is 39.7. The van der Waals surface area contributed by atoms with E-state index in [2.05, 4.69) is 188 Å². The number of rotatable bonds is 15. The van der Waals surface area contributed by atoms with Crippen molar-refractivity contribution >= 4 is 0 Å². The zero-order valence-electron chi connectivity index (χ0n) is 58.2. The second kappa shape index (κ2) is 30.0. The second-order valence-electron chi connectivity index (χ2n) is 31.8. The summed E-state index contributed by atoms with van der Waals surface area (Å²) in [5, 5.41) is 0. The zero-order chi connectivity index (χ0) is 64.0. The Morgan fingerprint density at radius 1 is 0.135 bits per heavy atom. The van der Waals surface area contributed by atoms with Gasteiger partial charge in [0.15, 0.2) is 0 Å². The molecule has 0 unspecified atom stereocenters. The number of hydrogen-bond donors (Lipinski definition) is 0. The van der Waals surface area contributed by atoms with Crippen LogP contribution in [0, 0.1) is 0 Å². The molecular formula is C96H108. The summed E-state index contributed by atoms with van der Waals surface area (Å²) in [6.45, 7) is 0. The van der Waals surface area contributed by atoms with Crippen molar-refractivity contribution in [1.82, 2.24) is 0 Å². The van der Waals surface area contributed by atoms with E-state index in [-0.39, 0.29) is 0 Å². The van der Waals surface area contributed by atoms with E-state index in [0.717, 1.165) is 0 Å². The van der Waals surface area contributed by atoms with Crippen LogP contribution in [0.1, 0.15) is 305 Å². The SMILES string of the molecule is c1cc(-c2ccccc2-c2cc(-c3ccccc3-c3cc(C4CCCCC4)cc(C4CCCCC4)c3)c(-c3ccccc3-c3cc(C4CCCCC4)cc(C4CCCCC4)c3)cc2-c2ccccc2-c2cc(C3CCCCC3)cc(C3CCCCC3)c2)cc(C2CCCCC2)c1. The van der Waals surface area contributed by atoms with Gasteiger partial charge in [0.05, 0.1) is 0 Å². The van der Waals surface area contributed by atoms with Crippen LogP contribution < -0.4 is 0 Å². The van der Waals surface area contributed by atoms with Crippen LogP contribution in [0.2, 0.25) is 0 Å². The van der Waals surface area contributed by atoms with Crippen LogP contribution >= 0.6 is 0 Å². The molecular weight excluding hydrogens is 1150 g/mol. The Kier molecular flexibility index (Phi) is 19.9. The lowest BCUT2D eigenvalue weighted by atomic mass is 9.76. The third-order valence-corrected chi connectivity index (χ3v) is 25.6. The highest BCUT2D eigenvalue weighted by atomic mass is 14.3. The van der Waals surface area contributed by atoms with Crippen molar-refractivity contribution in [2.24, 2.45) is 0 Å². The van der Waals surface area contributed by atoms with Gasteiger partial charge < -0.3 is 0 Å². The molecule has 7 aliphatic rings. The minimum atomic E-state index is 0.621. The molecule has 0 nitrogen and oxygen atoms in total. The van der Waals surface area contributed by atoms with Crippen LogP contribution in [0.5, 0.6) is 0 Å². The van der Waals surface area contributed by atoms with Gasteiger partial charge in [-0.1, -0.05) is 311 Å². The second-order valence-corrected chi connectivity index (χ2v) is 31.8. The summed E-state index contributed by atoms with van der Waals surface area (Å²) in [5.41, 5.74) is 32.7. The van der Waals surface area contributed by atoms with Crippen molar-refractivity contribution in [3.05, 3.63) is 227 Å². The fraction of sp³-hybridized carbons (Fsp3) is 0.438. The molecule has 0 heterocycles. The van der Waals surface area contributed by atoms with Gasteiger partial charge in [-0.2, -0.15) is 0 Å². The Hall–Kier alpha value is -7.02. The molecule has 0 aromatic heterocycles. The van der Waals surface area contributed by atoms with E-state index >= 15 is 0 Å².